The van der Waals surface area contributed by atoms with Crippen molar-refractivity contribution in [3.8, 4) is 5.75 Å². The van der Waals surface area contributed by atoms with E-state index in [1.807, 2.05) is 31.2 Å². The molecule has 0 radical (unpaired) electrons. The fraction of sp³-hybridized carbons (Fsp3) is 0.368. The molecule has 0 N–H and O–H groups in total. The monoisotopic (exact) mass is 340 g/mol. The van der Waals surface area contributed by atoms with Gasteiger partial charge in [0.15, 0.2) is 11.6 Å². The lowest BCUT2D eigenvalue weighted by Crippen LogP contribution is -2.15. The van der Waals surface area contributed by atoms with E-state index in [9.17, 15) is 17.6 Å². The second kappa shape index (κ2) is 7.24. The van der Waals surface area contributed by atoms with Gasteiger partial charge in [0.25, 0.3) is 0 Å². The van der Waals surface area contributed by atoms with E-state index in [1.165, 1.54) is 6.07 Å². The SMILES string of the molecule is CCOc1cc(C)c(CCc2ccc(C)cc2)c(C(F)(F)F)c1F. The highest BCUT2D eigenvalue weighted by atomic mass is 19.4. The van der Waals surface area contributed by atoms with Crippen LogP contribution in [0.3, 0.4) is 0 Å². The van der Waals surface area contributed by atoms with Crippen molar-refractivity contribution in [3.63, 3.8) is 0 Å². The summed E-state index contributed by atoms with van der Waals surface area (Å²) in [5, 5.41) is 0. The van der Waals surface area contributed by atoms with Crippen LogP contribution in [0, 0.1) is 19.7 Å². The summed E-state index contributed by atoms with van der Waals surface area (Å²) in [7, 11) is 0. The van der Waals surface area contributed by atoms with Crippen molar-refractivity contribution in [1.82, 2.24) is 0 Å². The number of aryl methyl sites for hydroxylation is 3. The van der Waals surface area contributed by atoms with E-state index in [1.54, 1.807) is 13.8 Å². The summed E-state index contributed by atoms with van der Waals surface area (Å²) in [4.78, 5) is 0. The van der Waals surface area contributed by atoms with E-state index < -0.39 is 17.6 Å². The second-order valence-electron chi connectivity index (χ2n) is 5.78. The third-order valence-electron chi connectivity index (χ3n) is 3.93. The summed E-state index contributed by atoms with van der Waals surface area (Å²) >= 11 is 0. The Morgan fingerprint density at radius 2 is 1.62 bits per heavy atom. The summed E-state index contributed by atoms with van der Waals surface area (Å²) in [5.41, 5.74) is 1.17. The van der Waals surface area contributed by atoms with E-state index in [2.05, 4.69) is 0 Å². The number of ether oxygens (including phenoxy) is 1. The Kier molecular flexibility index (Phi) is 5.52. The van der Waals surface area contributed by atoms with Gasteiger partial charge in [-0.3, -0.25) is 0 Å². The molecule has 0 saturated heterocycles. The molecule has 24 heavy (non-hydrogen) atoms. The second-order valence-corrected chi connectivity index (χ2v) is 5.78. The first kappa shape index (κ1) is 18.3. The number of alkyl halides is 3. The quantitative estimate of drug-likeness (QED) is 0.640. The van der Waals surface area contributed by atoms with Crippen LogP contribution in [0.2, 0.25) is 0 Å². The largest absolute Gasteiger partial charge is 0.491 e. The van der Waals surface area contributed by atoms with Gasteiger partial charge in [0.1, 0.15) is 0 Å². The minimum atomic E-state index is -4.76. The van der Waals surface area contributed by atoms with Crippen molar-refractivity contribution in [2.24, 2.45) is 0 Å². The first-order valence-electron chi connectivity index (χ1n) is 7.81. The minimum absolute atomic E-state index is 0.0102. The smallest absolute Gasteiger partial charge is 0.419 e. The normalized spacial score (nSPS) is 11.6. The Balaban J connectivity index is 2.40. The summed E-state index contributed by atoms with van der Waals surface area (Å²) in [6.07, 6.45) is -4.23. The van der Waals surface area contributed by atoms with Gasteiger partial charge in [0.05, 0.1) is 12.2 Å². The average molecular weight is 340 g/mol. The fourth-order valence-electron chi connectivity index (χ4n) is 2.70. The van der Waals surface area contributed by atoms with Crippen LogP contribution in [0.4, 0.5) is 17.6 Å². The highest BCUT2D eigenvalue weighted by Crippen LogP contribution is 2.39. The van der Waals surface area contributed by atoms with Gasteiger partial charge in [-0.1, -0.05) is 29.8 Å². The van der Waals surface area contributed by atoms with Gasteiger partial charge in [-0.15, -0.1) is 0 Å². The first-order valence-corrected chi connectivity index (χ1v) is 7.81. The molecule has 0 aliphatic carbocycles. The van der Waals surface area contributed by atoms with E-state index in [0.717, 1.165) is 11.1 Å². The Bertz CT molecular complexity index is 703. The van der Waals surface area contributed by atoms with Gasteiger partial charge in [-0.05, 0) is 56.4 Å². The molecule has 2 aromatic rings. The van der Waals surface area contributed by atoms with Crippen LogP contribution in [0.5, 0.6) is 5.75 Å². The summed E-state index contributed by atoms with van der Waals surface area (Å²) < 4.78 is 59.5. The number of rotatable bonds is 5. The van der Waals surface area contributed by atoms with Crippen LogP contribution in [0.15, 0.2) is 30.3 Å². The molecule has 0 aliphatic rings. The predicted molar refractivity (Wildman–Crippen MR) is 85.9 cm³/mol. The van der Waals surface area contributed by atoms with Crippen LogP contribution >= 0.6 is 0 Å². The summed E-state index contributed by atoms with van der Waals surface area (Å²) in [6.45, 7) is 5.21. The molecule has 0 aromatic heterocycles. The molecule has 0 heterocycles. The van der Waals surface area contributed by atoms with Crippen LogP contribution in [0.1, 0.15) is 34.7 Å². The topological polar surface area (TPSA) is 9.23 Å². The third kappa shape index (κ3) is 4.08. The molecule has 0 bridgehead atoms. The Hall–Kier alpha value is -2.04. The highest BCUT2D eigenvalue weighted by Gasteiger charge is 2.39. The van der Waals surface area contributed by atoms with Crippen molar-refractivity contribution in [2.75, 3.05) is 6.61 Å². The maximum Gasteiger partial charge on any atom is 0.419 e. The zero-order valence-corrected chi connectivity index (χ0v) is 13.9. The zero-order chi connectivity index (χ0) is 17.9. The first-order chi connectivity index (χ1) is 11.2. The lowest BCUT2D eigenvalue weighted by molar-refractivity contribution is -0.140. The van der Waals surface area contributed by atoms with E-state index in [0.29, 0.717) is 12.0 Å². The van der Waals surface area contributed by atoms with Crippen molar-refractivity contribution in [2.45, 2.75) is 39.8 Å². The van der Waals surface area contributed by atoms with E-state index in [-0.39, 0.29) is 24.3 Å². The fourth-order valence-corrected chi connectivity index (χ4v) is 2.70. The molecule has 2 aromatic carbocycles. The van der Waals surface area contributed by atoms with Crippen LogP contribution in [0.25, 0.3) is 0 Å². The lowest BCUT2D eigenvalue weighted by atomic mass is 9.94. The van der Waals surface area contributed by atoms with Gasteiger partial charge >= 0.3 is 6.18 Å². The Morgan fingerprint density at radius 3 is 2.17 bits per heavy atom. The number of hydrogen-bond acceptors (Lipinski definition) is 1. The van der Waals surface area contributed by atoms with Crippen LogP contribution < -0.4 is 4.74 Å². The molecule has 0 saturated carbocycles. The zero-order valence-electron chi connectivity index (χ0n) is 13.9. The molecule has 2 rings (SSSR count). The molecule has 0 aliphatic heterocycles. The Morgan fingerprint density at radius 1 is 1.00 bits per heavy atom. The molecule has 0 unspecified atom stereocenters. The van der Waals surface area contributed by atoms with Crippen LogP contribution in [-0.4, -0.2) is 6.61 Å². The van der Waals surface area contributed by atoms with Gasteiger partial charge in [-0.25, -0.2) is 4.39 Å². The maximum atomic E-state index is 14.3. The van der Waals surface area contributed by atoms with Crippen molar-refractivity contribution in [3.05, 3.63) is 64.0 Å². The van der Waals surface area contributed by atoms with E-state index in [4.69, 9.17) is 4.74 Å². The maximum absolute atomic E-state index is 14.3. The van der Waals surface area contributed by atoms with Gasteiger partial charge in [0, 0.05) is 0 Å². The molecule has 0 spiro atoms. The molecule has 0 amide bonds. The van der Waals surface area contributed by atoms with Crippen LogP contribution in [-0.2, 0) is 19.0 Å². The number of benzene rings is 2. The van der Waals surface area contributed by atoms with Gasteiger partial charge in [-0.2, -0.15) is 13.2 Å². The van der Waals surface area contributed by atoms with Crippen molar-refractivity contribution >= 4 is 0 Å². The molecule has 0 atom stereocenters. The number of hydrogen-bond donors (Lipinski definition) is 0. The average Bonchev–Trinajstić information content (AvgIpc) is 2.49. The Labute approximate surface area is 139 Å². The van der Waals surface area contributed by atoms with Gasteiger partial charge in [0.2, 0.25) is 0 Å². The molecular weight excluding hydrogens is 320 g/mol. The van der Waals surface area contributed by atoms with Gasteiger partial charge < -0.3 is 4.74 Å². The number of halogens is 4. The highest BCUT2D eigenvalue weighted by molar-refractivity contribution is 5.45. The lowest BCUT2D eigenvalue weighted by Gasteiger charge is -2.19. The van der Waals surface area contributed by atoms with Crippen molar-refractivity contribution < 1.29 is 22.3 Å². The molecule has 5 heteroatoms. The third-order valence-corrected chi connectivity index (χ3v) is 3.93. The molecule has 130 valence electrons. The molecule has 1 nitrogen and oxygen atoms in total. The summed E-state index contributed by atoms with van der Waals surface area (Å²) in [6, 6.07) is 8.92. The minimum Gasteiger partial charge on any atom is -0.491 e. The standard InChI is InChI=1S/C19H20F4O/c1-4-24-16-11-13(3)15(17(18(16)20)19(21,22)23)10-9-14-7-5-12(2)6-8-14/h5-8,11H,4,9-10H2,1-3H3. The summed E-state index contributed by atoms with van der Waals surface area (Å²) in [5.74, 6) is -1.67. The molecule has 0 fully saturated rings. The van der Waals surface area contributed by atoms with Crippen molar-refractivity contribution in [1.29, 1.82) is 0 Å². The molecular formula is C19H20F4O. The van der Waals surface area contributed by atoms with E-state index >= 15 is 0 Å². The predicted octanol–water partition coefficient (Wildman–Crippen LogP) is 5.65.